The van der Waals surface area contributed by atoms with Crippen LogP contribution < -0.4 is 10.5 Å². The molecule has 0 bridgehead atoms. The lowest BCUT2D eigenvalue weighted by Crippen LogP contribution is -1.96. The topological polar surface area (TPSA) is 59.0 Å². The minimum absolute atomic E-state index is 0.536. The molecule has 3 heteroatoms. The monoisotopic (exact) mass is 252 g/mol. The van der Waals surface area contributed by atoms with Crippen LogP contribution in [-0.2, 0) is 0 Å². The molecule has 0 aliphatic heterocycles. The van der Waals surface area contributed by atoms with E-state index in [1.54, 1.807) is 6.07 Å². The predicted octanol–water partition coefficient (Wildman–Crippen LogP) is 3.86. The van der Waals surface area contributed by atoms with Crippen LogP contribution in [0.1, 0.15) is 22.3 Å². The number of rotatable bonds is 2. The van der Waals surface area contributed by atoms with Gasteiger partial charge in [-0.15, -0.1) is 0 Å². The number of aryl methyl sites for hydroxylation is 3. The van der Waals surface area contributed by atoms with Crippen molar-refractivity contribution >= 4 is 5.69 Å². The van der Waals surface area contributed by atoms with E-state index in [0.717, 1.165) is 28.1 Å². The molecule has 3 nitrogen and oxygen atoms in total. The van der Waals surface area contributed by atoms with Crippen molar-refractivity contribution in [2.75, 3.05) is 5.73 Å². The number of ether oxygens (including phenoxy) is 1. The van der Waals surface area contributed by atoms with E-state index in [1.165, 1.54) is 0 Å². The van der Waals surface area contributed by atoms with Gasteiger partial charge in [0, 0.05) is 5.69 Å². The fraction of sp³-hybridized carbons (Fsp3) is 0.188. The first-order valence-corrected chi connectivity index (χ1v) is 6.07. The van der Waals surface area contributed by atoms with Crippen molar-refractivity contribution in [1.82, 2.24) is 0 Å². The fourth-order valence-electron chi connectivity index (χ4n) is 1.91. The second-order valence-electron chi connectivity index (χ2n) is 4.64. The molecule has 0 spiro atoms. The summed E-state index contributed by atoms with van der Waals surface area (Å²) in [6.07, 6.45) is 0. The maximum Gasteiger partial charge on any atom is 0.148 e. The zero-order chi connectivity index (χ0) is 14.0. The molecule has 2 aromatic carbocycles. The van der Waals surface area contributed by atoms with Gasteiger partial charge in [0.1, 0.15) is 17.6 Å². The summed E-state index contributed by atoms with van der Waals surface area (Å²) in [4.78, 5) is 0. The van der Waals surface area contributed by atoms with Crippen LogP contribution in [-0.4, -0.2) is 0 Å². The minimum atomic E-state index is 0.536. The van der Waals surface area contributed by atoms with Crippen molar-refractivity contribution in [1.29, 1.82) is 5.26 Å². The molecule has 2 rings (SSSR count). The van der Waals surface area contributed by atoms with Gasteiger partial charge < -0.3 is 10.5 Å². The zero-order valence-electron chi connectivity index (χ0n) is 11.3. The quantitative estimate of drug-likeness (QED) is 0.826. The summed E-state index contributed by atoms with van der Waals surface area (Å²) in [5.41, 5.74) is 10.00. The summed E-state index contributed by atoms with van der Waals surface area (Å²) in [6, 6.07) is 11.5. The molecule has 2 N–H and O–H groups in total. The number of nitrogens with two attached hydrogens (primary N) is 1. The Balaban J connectivity index is 2.48. The third-order valence-corrected chi connectivity index (χ3v) is 3.11. The largest absolute Gasteiger partial charge is 0.455 e. The SMILES string of the molecule is Cc1cc(Oc2c(C)cccc2C#N)c(C)cc1N. The lowest BCUT2D eigenvalue weighted by molar-refractivity contribution is 0.473. The van der Waals surface area contributed by atoms with Gasteiger partial charge in [-0.2, -0.15) is 5.26 Å². The lowest BCUT2D eigenvalue weighted by Gasteiger charge is -2.14. The Kier molecular flexibility index (Phi) is 3.43. The van der Waals surface area contributed by atoms with Crippen LogP contribution in [0.2, 0.25) is 0 Å². The van der Waals surface area contributed by atoms with Gasteiger partial charge in [-0.05, 0) is 55.7 Å². The molecule has 0 radical (unpaired) electrons. The number of benzene rings is 2. The molecule has 0 fully saturated rings. The Labute approximate surface area is 113 Å². The molecule has 2 aromatic rings. The van der Waals surface area contributed by atoms with E-state index in [2.05, 4.69) is 6.07 Å². The van der Waals surface area contributed by atoms with Gasteiger partial charge in [-0.25, -0.2) is 0 Å². The predicted molar refractivity (Wildman–Crippen MR) is 76.3 cm³/mol. The van der Waals surface area contributed by atoms with Crippen LogP contribution in [0.3, 0.4) is 0 Å². The number of nitrogen functional groups attached to an aromatic ring is 1. The third kappa shape index (κ3) is 2.53. The van der Waals surface area contributed by atoms with Crippen molar-refractivity contribution < 1.29 is 4.74 Å². The fourth-order valence-corrected chi connectivity index (χ4v) is 1.91. The molecular weight excluding hydrogens is 236 g/mol. The van der Waals surface area contributed by atoms with Crippen molar-refractivity contribution in [3.63, 3.8) is 0 Å². The summed E-state index contributed by atoms with van der Waals surface area (Å²) in [7, 11) is 0. The summed E-state index contributed by atoms with van der Waals surface area (Å²) in [5.74, 6) is 1.34. The van der Waals surface area contributed by atoms with Crippen LogP contribution >= 0.6 is 0 Å². The molecule has 0 aliphatic rings. The van der Waals surface area contributed by atoms with E-state index in [1.807, 2.05) is 45.0 Å². The number of nitriles is 1. The Morgan fingerprint density at radius 2 is 1.79 bits per heavy atom. The van der Waals surface area contributed by atoms with Gasteiger partial charge in [-0.3, -0.25) is 0 Å². The molecule has 0 heterocycles. The first-order chi connectivity index (χ1) is 9.02. The second-order valence-corrected chi connectivity index (χ2v) is 4.64. The molecule has 0 atom stereocenters. The molecule has 0 aromatic heterocycles. The maximum absolute atomic E-state index is 9.14. The zero-order valence-corrected chi connectivity index (χ0v) is 11.3. The van der Waals surface area contributed by atoms with Gasteiger partial charge >= 0.3 is 0 Å². The third-order valence-electron chi connectivity index (χ3n) is 3.11. The molecule has 0 aliphatic carbocycles. The van der Waals surface area contributed by atoms with Gasteiger partial charge in [0.2, 0.25) is 0 Å². The average molecular weight is 252 g/mol. The van der Waals surface area contributed by atoms with E-state index in [0.29, 0.717) is 11.3 Å². The average Bonchev–Trinajstić information content (AvgIpc) is 2.38. The first-order valence-electron chi connectivity index (χ1n) is 6.07. The summed E-state index contributed by atoms with van der Waals surface area (Å²) >= 11 is 0. The van der Waals surface area contributed by atoms with E-state index >= 15 is 0 Å². The first kappa shape index (κ1) is 13.0. The molecule has 19 heavy (non-hydrogen) atoms. The normalized spacial score (nSPS) is 10.0. The number of nitrogens with zero attached hydrogens (tertiary/aromatic N) is 1. The summed E-state index contributed by atoms with van der Waals surface area (Å²) < 4.78 is 5.92. The standard InChI is InChI=1S/C16H16N2O/c1-10-5-4-6-13(9-17)16(10)19-15-8-11(2)14(18)7-12(15)3/h4-8H,18H2,1-3H3. The van der Waals surface area contributed by atoms with E-state index in [4.69, 9.17) is 15.7 Å². The maximum atomic E-state index is 9.14. The highest BCUT2D eigenvalue weighted by Crippen LogP contribution is 2.32. The van der Waals surface area contributed by atoms with E-state index in [-0.39, 0.29) is 0 Å². The summed E-state index contributed by atoms with van der Waals surface area (Å²) in [5, 5.41) is 9.14. The second kappa shape index (κ2) is 5.03. The number of anilines is 1. The molecule has 0 unspecified atom stereocenters. The molecule has 0 saturated carbocycles. The summed E-state index contributed by atoms with van der Waals surface area (Å²) in [6.45, 7) is 5.80. The van der Waals surface area contributed by atoms with E-state index < -0.39 is 0 Å². The highest BCUT2D eigenvalue weighted by Gasteiger charge is 2.10. The van der Waals surface area contributed by atoms with Crippen LogP contribution in [0.15, 0.2) is 30.3 Å². The van der Waals surface area contributed by atoms with Crippen LogP contribution in [0.25, 0.3) is 0 Å². The van der Waals surface area contributed by atoms with Crippen molar-refractivity contribution in [3.8, 4) is 17.6 Å². The van der Waals surface area contributed by atoms with E-state index in [9.17, 15) is 0 Å². The molecular formula is C16H16N2O. The number of hydrogen-bond acceptors (Lipinski definition) is 3. The Morgan fingerprint density at radius 1 is 1.05 bits per heavy atom. The highest BCUT2D eigenvalue weighted by atomic mass is 16.5. The minimum Gasteiger partial charge on any atom is -0.455 e. The molecule has 0 saturated heterocycles. The van der Waals surface area contributed by atoms with Crippen molar-refractivity contribution in [3.05, 3.63) is 52.6 Å². The Hall–Kier alpha value is -2.47. The van der Waals surface area contributed by atoms with Crippen LogP contribution in [0.4, 0.5) is 5.69 Å². The van der Waals surface area contributed by atoms with Crippen LogP contribution in [0.5, 0.6) is 11.5 Å². The number of hydrogen-bond donors (Lipinski definition) is 1. The Bertz CT molecular complexity index is 669. The molecule has 0 amide bonds. The number of para-hydroxylation sites is 1. The van der Waals surface area contributed by atoms with Gasteiger partial charge in [0.25, 0.3) is 0 Å². The van der Waals surface area contributed by atoms with Crippen molar-refractivity contribution in [2.45, 2.75) is 20.8 Å². The Morgan fingerprint density at radius 3 is 2.47 bits per heavy atom. The van der Waals surface area contributed by atoms with Crippen LogP contribution in [0, 0.1) is 32.1 Å². The highest BCUT2D eigenvalue weighted by molar-refractivity contribution is 5.56. The van der Waals surface area contributed by atoms with Gasteiger partial charge in [0.15, 0.2) is 0 Å². The smallest absolute Gasteiger partial charge is 0.148 e. The van der Waals surface area contributed by atoms with Crippen molar-refractivity contribution in [2.24, 2.45) is 0 Å². The van der Waals surface area contributed by atoms with Gasteiger partial charge in [-0.1, -0.05) is 12.1 Å². The lowest BCUT2D eigenvalue weighted by atomic mass is 10.1. The molecule has 96 valence electrons. The van der Waals surface area contributed by atoms with Gasteiger partial charge in [0.05, 0.1) is 5.56 Å².